The molecule has 2 N–H and O–H groups in total. The van der Waals surface area contributed by atoms with Crippen LogP contribution in [0.15, 0.2) is 45.9 Å². The van der Waals surface area contributed by atoms with Gasteiger partial charge in [-0.25, -0.2) is 5.43 Å². The highest BCUT2D eigenvalue weighted by Gasteiger charge is 2.06. The van der Waals surface area contributed by atoms with E-state index in [4.69, 9.17) is 9.15 Å². The van der Waals surface area contributed by atoms with Crippen molar-refractivity contribution in [1.29, 1.82) is 0 Å². The zero-order valence-corrected chi connectivity index (χ0v) is 15.1. The molecule has 0 atom stereocenters. The molecule has 0 unspecified atom stereocenters. The van der Waals surface area contributed by atoms with Gasteiger partial charge < -0.3 is 14.5 Å². The number of nitrogens with zero attached hydrogens (tertiary/aromatic N) is 1. The Morgan fingerprint density at radius 3 is 2.75 bits per heavy atom. The van der Waals surface area contributed by atoms with Crippen LogP contribution >= 0.6 is 22.6 Å². The van der Waals surface area contributed by atoms with E-state index in [2.05, 4.69) is 15.8 Å². The molecule has 0 saturated heterocycles. The van der Waals surface area contributed by atoms with E-state index in [9.17, 15) is 9.59 Å². The summed E-state index contributed by atoms with van der Waals surface area (Å²) in [5.41, 5.74) is 3.23. The quantitative estimate of drug-likeness (QED) is 0.390. The Balaban J connectivity index is 1.66. The maximum atomic E-state index is 11.7. The number of amides is 2. The van der Waals surface area contributed by atoms with Crippen LogP contribution in [0.25, 0.3) is 0 Å². The molecule has 0 aliphatic rings. The number of hydrazone groups is 1. The van der Waals surface area contributed by atoms with Gasteiger partial charge in [-0.15, -0.1) is 0 Å². The van der Waals surface area contributed by atoms with Gasteiger partial charge in [-0.05, 0) is 53.3 Å². The van der Waals surface area contributed by atoms with Crippen molar-refractivity contribution in [3.63, 3.8) is 0 Å². The summed E-state index contributed by atoms with van der Waals surface area (Å²) < 4.78 is 11.4. The molecule has 0 saturated carbocycles. The van der Waals surface area contributed by atoms with Crippen molar-refractivity contribution < 1.29 is 18.7 Å². The number of aryl methyl sites for hydroxylation is 1. The molecule has 126 valence electrons. The van der Waals surface area contributed by atoms with Gasteiger partial charge in [-0.3, -0.25) is 9.59 Å². The summed E-state index contributed by atoms with van der Waals surface area (Å²) in [6, 6.07) is 10.9. The Hall–Kier alpha value is -2.36. The topological polar surface area (TPSA) is 92.9 Å². The summed E-state index contributed by atoms with van der Waals surface area (Å²) in [4.78, 5) is 23.2. The highest BCUT2D eigenvalue weighted by molar-refractivity contribution is 14.1. The van der Waals surface area contributed by atoms with E-state index in [1.807, 2.05) is 47.7 Å². The number of ether oxygens (including phenoxy) is 1. The van der Waals surface area contributed by atoms with E-state index in [-0.39, 0.29) is 13.2 Å². The Morgan fingerprint density at radius 1 is 1.25 bits per heavy atom. The average Bonchev–Trinajstić information content (AvgIpc) is 2.97. The van der Waals surface area contributed by atoms with Crippen LogP contribution in [0.1, 0.15) is 11.3 Å². The fourth-order valence-electron chi connectivity index (χ4n) is 1.70. The molecule has 2 aromatic rings. The standard InChI is InChI=1S/C16H16IN3O4/c1-11-4-2-3-5-13(11)23-10-16(22)18-9-15(21)20-19-8-12-6-7-14(17)24-12/h2-8H,9-10H2,1H3,(H,18,22)(H,20,21)/b19-8+. The lowest BCUT2D eigenvalue weighted by Crippen LogP contribution is -2.37. The first-order valence-electron chi connectivity index (χ1n) is 7.07. The third kappa shape index (κ3) is 6.03. The van der Waals surface area contributed by atoms with Gasteiger partial charge >= 0.3 is 0 Å². The number of halogens is 1. The maximum Gasteiger partial charge on any atom is 0.259 e. The van der Waals surface area contributed by atoms with Gasteiger partial charge in [0, 0.05) is 0 Å². The van der Waals surface area contributed by atoms with Gasteiger partial charge in [0.25, 0.3) is 11.8 Å². The summed E-state index contributed by atoms with van der Waals surface area (Å²) in [6.45, 7) is 1.54. The van der Waals surface area contributed by atoms with Crippen LogP contribution in [0.2, 0.25) is 0 Å². The first-order valence-corrected chi connectivity index (χ1v) is 8.15. The molecule has 0 aliphatic heterocycles. The van der Waals surface area contributed by atoms with Gasteiger partial charge in [0.1, 0.15) is 11.5 Å². The summed E-state index contributed by atoms with van der Waals surface area (Å²) >= 11 is 2.03. The molecule has 0 fully saturated rings. The Kier molecular flexibility index (Phi) is 6.79. The lowest BCUT2D eigenvalue weighted by molar-refractivity contribution is -0.127. The lowest BCUT2D eigenvalue weighted by Gasteiger charge is -2.08. The molecule has 8 heteroatoms. The number of furan rings is 1. The number of para-hydroxylation sites is 1. The molecule has 1 aromatic heterocycles. The first-order chi connectivity index (χ1) is 11.5. The predicted octanol–water partition coefficient (Wildman–Crippen LogP) is 1.84. The van der Waals surface area contributed by atoms with E-state index >= 15 is 0 Å². The maximum absolute atomic E-state index is 11.7. The molecule has 0 bridgehead atoms. The predicted molar refractivity (Wildman–Crippen MR) is 96.8 cm³/mol. The molecule has 0 radical (unpaired) electrons. The number of hydrogen-bond donors (Lipinski definition) is 2. The zero-order chi connectivity index (χ0) is 17.4. The van der Waals surface area contributed by atoms with Crippen molar-refractivity contribution >= 4 is 40.6 Å². The van der Waals surface area contributed by atoms with Crippen molar-refractivity contribution in [3.8, 4) is 5.75 Å². The normalized spacial score (nSPS) is 10.6. The highest BCUT2D eigenvalue weighted by Crippen LogP contribution is 2.15. The third-order valence-electron chi connectivity index (χ3n) is 2.87. The number of hydrogen-bond acceptors (Lipinski definition) is 5. The Morgan fingerprint density at radius 2 is 2.04 bits per heavy atom. The van der Waals surface area contributed by atoms with E-state index in [0.717, 1.165) is 9.33 Å². The SMILES string of the molecule is Cc1ccccc1OCC(=O)NCC(=O)N/N=C/c1ccc(I)o1. The Labute approximate surface area is 152 Å². The second-order valence-corrected chi connectivity index (χ2v) is 5.83. The van der Waals surface area contributed by atoms with E-state index < -0.39 is 11.8 Å². The fourth-order valence-corrected chi connectivity index (χ4v) is 2.13. The number of nitrogens with one attached hydrogen (secondary N) is 2. The van der Waals surface area contributed by atoms with Crippen LogP contribution in [-0.2, 0) is 9.59 Å². The smallest absolute Gasteiger partial charge is 0.259 e. The second kappa shape index (κ2) is 9.06. The van der Waals surface area contributed by atoms with Crippen molar-refractivity contribution in [1.82, 2.24) is 10.7 Å². The lowest BCUT2D eigenvalue weighted by atomic mass is 10.2. The van der Waals surface area contributed by atoms with Crippen molar-refractivity contribution in [3.05, 3.63) is 51.5 Å². The number of carbonyl (C=O) groups is 2. The largest absolute Gasteiger partial charge is 0.484 e. The highest BCUT2D eigenvalue weighted by atomic mass is 127. The van der Waals surface area contributed by atoms with Crippen LogP contribution in [0.5, 0.6) is 5.75 Å². The van der Waals surface area contributed by atoms with E-state index in [0.29, 0.717) is 11.5 Å². The number of carbonyl (C=O) groups excluding carboxylic acids is 2. The molecule has 2 amide bonds. The van der Waals surface area contributed by atoms with Crippen LogP contribution in [0.3, 0.4) is 0 Å². The van der Waals surface area contributed by atoms with Gasteiger partial charge in [0.05, 0.1) is 12.8 Å². The van der Waals surface area contributed by atoms with Crippen molar-refractivity contribution in [2.24, 2.45) is 5.10 Å². The molecule has 7 nitrogen and oxygen atoms in total. The van der Waals surface area contributed by atoms with E-state index in [1.165, 1.54) is 6.21 Å². The summed E-state index contributed by atoms with van der Waals surface area (Å²) in [6.07, 6.45) is 1.38. The van der Waals surface area contributed by atoms with Crippen molar-refractivity contribution in [2.45, 2.75) is 6.92 Å². The van der Waals surface area contributed by atoms with Gasteiger partial charge in [0.15, 0.2) is 10.4 Å². The minimum Gasteiger partial charge on any atom is -0.484 e. The Bertz CT molecular complexity index is 742. The second-order valence-electron chi connectivity index (χ2n) is 4.77. The zero-order valence-electron chi connectivity index (χ0n) is 12.9. The van der Waals surface area contributed by atoms with Gasteiger partial charge in [-0.1, -0.05) is 18.2 Å². The van der Waals surface area contributed by atoms with Crippen LogP contribution in [-0.4, -0.2) is 31.2 Å². The van der Waals surface area contributed by atoms with Crippen LogP contribution in [0, 0.1) is 10.7 Å². The van der Waals surface area contributed by atoms with E-state index in [1.54, 1.807) is 18.2 Å². The fraction of sp³-hybridized carbons (Fsp3) is 0.188. The minimum absolute atomic E-state index is 0.160. The molecule has 0 aliphatic carbocycles. The summed E-state index contributed by atoms with van der Waals surface area (Å²) in [7, 11) is 0. The van der Waals surface area contributed by atoms with Gasteiger partial charge in [-0.2, -0.15) is 5.10 Å². The van der Waals surface area contributed by atoms with Crippen LogP contribution < -0.4 is 15.5 Å². The van der Waals surface area contributed by atoms with Crippen molar-refractivity contribution in [2.75, 3.05) is 13.2 Å². The summed E-state index contributed by atoms with van der Waals surface area (Å²) in [5.74, 6) is 0.319. The molecule has 1 aromatic carbocycles. The summed E-state index contributed by atoms with van der Waals surface area (Å²) in [5, 5.41) is 6.18. The molecule has 0 spiro atoms. The van der Waals surface area contributed by atoms with Gasteiger partial charge in [0.2, 0.25) is 0 Å². The number of rotatable bonds is 7. The molecule has 1 heterocycles. The average molecular weight is 441 g/mol. The third-order valence-corrected chi connectivity index (χ3v) is 3.45. The molecular formula is C16H16IN3O4. The minimum atomic E-state index is -0.447. The number of benzene rings is 1. The van der Waals surface area contributed by atoms with Crippen LogP contribution in [0.4, 0.5) is 0 Å². The monoisotopic (exact) mass is 441 g/mol. The molecule has 24 heavy (non-hydrogen) atoms. The first kappa shape index (κ1) is 18.0. The molecular weight excluding hydrogens is 425 g/mol. The molecule has 2 rings (SSSR count).